The van der Waals surface area contributed by atoms with Gasteiger partial charge in [0.1, 0.15) is 18.3 Å². The molecule has 0 N–H and O–H groups in total. The van der Waals surface area contributed by atoms with Crippen LogP contribution in [0.2, 0.25) is 0 Å². The highest BCUT2D eigenvalue weighted by molar-refractivity contribution is 6.70. The average molecular weight is 349 g/mol. The SMILES string of the molecule is C[n+]1ccn(CC(=O)ON=C2C(=O)C3CCCC([N+](=O)[O-])C3C2=O)c1. The van der Waals surface area contributed by atoms with E-state index in [1.165, 1.54) is 0 Å². The van der Waals surface area contributed by atoms with Crippen LogP contribution in [0.4, 0.5) is 0 Å². The zero-order valence-corrected chi connectivity index (χ0v) is 13.5. The van der Waals surface area contributed by atoms with E-state index in [0.717, 1.165) is 0 Å². The molecule has 2 aliphatic rings. The first-order valence-corrected chi connectivity index (χ1v) is 7.89. The summed E-state index contributed by atoms with van der Waals surface area (Å²) in [6.07, 6.45) is 6.19. The van der Waals surface area contributed by atoms with Gasteiger partial charge in [0, 0.05) is 17.3 Å². The molecule has 0 spiro atoms. The van der Waals surface area contributed by atoms with E-state index in [-0.39, 0.29) is 13.0 Å². The van der Waals surface area contributed by atoms with E-state index in [4.69, 9.17) is 0 Å². The Labute approximate surface area is 142 Å². The van der Waals surface area contributed by atoms with E-state index in [1.54, 1.807) is 34.9 Å². The van der Waals surface area contributed by atoms with Gasteiger partial charge in [-0.15, -0.1) is 0 Å². The Morgan fingerprint density at radius 2 is 2.20 bits per heavy atom. The number of imidazole rings is 1. The molecule has 2 saturated carbocycles. The highest BCUT2D eigenvalue weighted by Crippen LogP contribution is 2.38. The summed E-state index contributed by atoms with van der Waals surface area (Å²) in [6, 6.07) is -1.08. The second-order valence-electron chi connectivity index (χ2n) is 6.30. The monoisotopic (exact) mass is 349 g/mol. The molecule has 0 aliphatic heterocycles. The van der Waals surface area contributed by atoms with Crippen molar-refractivity contribution in [3.63, 3.8) is 0 Å². The maximum atomic E-state index is 12.4. The normalized spacial score (nSPS) is 27.4. The summed E-state index contributed by atoms with van der Waals surface area (Å²) >= 11 is 0. The molecule has 1 aromatic heterocycles. The number of hydrogen-bond acceptors (Lipinski definition) is 7. The second-order valence-corrected chi connectivity index (χ2v) is 6.30. The van der Waals surface area contributed by atoms with Crippen LogP contribution in [0.15, 0.2) is 23.9 Å². The Bertz CT molecular complexity index is 783. The largest absolute Gasteiger partial charge is 0.376 e. The van der Waals surface area contributed by atoms with Crippen molar-refractivity contribution < 1.29 is 28.7 Å². The number of carbonyl (C=O) groups excluding carboxylic acids is 3. The summed E-state index contributed by atoms with van der Waals surface area (Å²) < 4.78 is 3.27. The van der Waals surface area contributed by atoms with Gasteiger partial charge in [-0.05, 0) is 12.8 Å². The van der Waals surface area contributed by atoms with E-state index in [2.05, 4.69) is 9.99 Å². The van der Waals surface area contributed by atoms with Crippen LogP contribution in [0.1, 0.15) is 19.3 Å². The summed E-state index contributed by atoms with van der Waals surface area (Å²) in [4.78, 5) is 51.8. The van der Waals surface area contributed by atoms with Gasteiger partial charge in [-0.3, -0.25) is 19.7 Å². The number of Topliss-reactive ketones (excluding diaryl/α,β-unsaturated/α-hetero) is 2. The molecule has 0 saturated heterocycles. The third kappa shape index (κ3) is 3.19. The van der Waals surface area contributed by atoms with Gasteiger partial charge in [0.2, 0.25) is 12.4 Å². The highest BCUT2D eigenvalue weighted by atomic mass is 16.7. The average Bonchev–Trinajstić information content (AvgIpc) is 3.08. The molecule has 0 bridgehead atoms. The molecule has 0 aromatic carbocycles. The molecule has 0 radical (unpaired) electrons. The molecule has 132 valence electrons. The lowest BCUT2D eigenvalue weighted by Gasteiger charge is -2.24. The molecule has 1 heterocycles. The summed E-state index contributed by atoms with van der Waals surface area (Å²) in [7, 11) is 1.78. The number of rotatable bonds is 4. The fourth-order valence-electron chi connectivity index (χ4n) is 3.48. The molecule has 10 heteroatoms. The van der Waals surface area contributed by atoms with Crippen molar-refractivity contribution in [2.75, 3.05) is 0 Å². The quantitative estimate of drug-likeness (QED) is 0.310. The van der Waals surface area contributed by atoms with Crippen molar-refractivity contribution in [1.29, 1.82) is 0 Å². The van der Waals surface area contributed by atoms with Crippen molar-refractivity contribution in [2.24, 2.45) is 24.0 Å². The Kier molecular flexibility index (Phi) is 4.43. The first-order valence-electron chi connectivity index (χ1n) is 7.89. The van der Waals surface area contributed by atoms with Gasteiger partial charge < -0.3 is 4.84 Å². The minimum Gasteiger partial charge on any atom is -0.313 e. The second kappa shape index (κ2) is 6.54. The van der Waals surface area contributed by atoms with E-state index >= 15 is 0 Å². The van der Waals surface area contributed by atoms with Crippen LogP contribution in [-0.4, -0.2) is 38.8 Å². The van der Waals surface area contributed by atoms with Crippen molar-refractivity contribution in [1.82, 2.24) is 4.57 Å². The summed E-state index contributed by atoms with van der Waals surface area (Å²) in [5.74, 6) is -3.75. The molecular weight excluding hydrogens is 332 g/mol. The molecule has 3 rings (SSSR count). The van der Waals surface area contributed by atoms with Gasteiger partial charge in [0.05, 0.1) is 7.05 Å². The van der Waals surface area contributed by atoms with E-state index < -0.39 is 46.0 Å². The van der Waals surface area contributed by atoms with Crippen LogP contribution in [0.5, 0.6) is 0 Å². The van der Waals surface area contributed by atoms with Gasteiger partial charge in [-0.1, -0.05) is 5.16 Å². The number of aryl methyl sites for hydroxylation is 1. The number of hydrogen-bond donors (Lipinski definition) is 0. The summed E-state index contributed by atoms with van der Waals surface area (Å²) in [5.41, 5.74) is -0.491. The lowest BCUT2D eigenvalue weighted by Crippen LogP contribution is -2.39. The predicted molar refractivity (Wildman–Crippen MR) is 80.8 cm³/mol. The van der Waals surface area contributed by atoms with Crippen LogP contribution >= 0.6 is 0 Å². The molecule has 1 aromatic rings. The lowest BCUT2D eigenvalue weighted by molar-refractivity contribution is -0.671. The molecular formula is C15H17N4O6+. The van der Waals surface area contributed by atoms with Gasteiger partial charge in [-0.2, -0.15) is 0 Å². The number of nitro groups is 1. The fourth-order valence-corrected chi connectivity index (χ4v) is 3.48. The minimum atomic E-state index is -1.08. The Morgan fingerprint density at radius 1 is 1.44 bits per heavy atom. The zero-order chi connectivity index (χ0) is 18.1. The standard InChI is InChI=1S/C15H17N4O6/c1-17-5-6-18(8-17)7-11(20)25-16-13-14(21)9-3-2-4-10(19(23)24)12(9)15(13)22/h5-6,8-10,12H,2-4,7H2,1H3/q+1. The number of aromatic nitrogens is 2. The number of carbonyl (C=O) groups is 3. The smallest absolute Gasteiger partial charge is 0.313 e. The van der Waals surface area contributed by atoms with Crippen molar-refractivity contribution >= 4 is 23.2 Å². The number of nitrogens with zero attached hydrogens (tertiary/aromatic N) is 4. The van der Waals surface area contributed by atoms with Crippen molar-refractivity contribution in [3.05, 3.63) is 28.8 Å². The third-order valence-electron chi connectivity index (χ3n) is 4.61. The van der Waals surface area contributed by atoms with Crippen molar-refractivity contribution in [3.8, 4) is 0 Å². The number of fused-ring (bicyclic) bond motifs is 1. The highest BCUT2D eigenvalue weighted by Gasteiger charge is 2.56. The molecule has 25 heavy (non-hydrogen) atoms. The van der Waals surface area contributed by atoms with Crippen LogP contribution in [0.3, 0.4) is 0 Å². The first kappa shape index (κ1) is 16.9. The van der Waals surface area contributed by atoms with Crippen LogP contribution < -0.4 is 4.57 Å². The molecule has 2 fully saturated rings. The van der Waals surface area contributed by atoms with Gasteiger partial charge in [-0.25, -0.2) is 13.9 Å². The minimum absolute atomic E-state index is 0.135. The Hall–Kier alpha value is -2.91. The first-order chi connectivity index (χ1) is 11.9. The van der Waals surface area contributed by atoms with Crippen LogP contribution in [0.25, 0.3) is 0 Å². The van der Waals surface area contributed by atoms with Gasteiger partial charge >= 0.3 is 5.97 Å². The third-order valence-corrected chi connectivity index (χ3v) is 4.61. The number of ketones is 2. The predicted octanol–water partition coefficient (Wildman–Crippen LogP) is -0.575. The molecule has 2 aliphatic carbocycles. The molecule has 3 unspecified atom stereocenters. The van der Waals surface area contributed by atoms with E-state index in [0.29, 0.717) is 12.8 Å². The fraction of sp³-hybridized carbons (Fsp3) is 0.533. The molecule has 3 atom stereocenters. The van der Waals surface area contributed by atoms with Gasteiger partial charge in [0.25, 0.3) is 0 Å². The maximum Gasteiger partial charge on any atom is 0.376 e. The Balaban J connectivity index is 1.72. The van der Waals surface area contributed by atoms with E-state index in [9.17, 15) is 24.5 Å². The molecule has 0 amide bonds. The topological polar surface area (TPSA) is 125 Å². The Morgan fingerprint density at radius 3 is 2.84 bits per heavy atom. The summed E-state index contributed by atoms with van der Waals surface area (Å²) in [6.45, 7) is -0.135. The van der Waals surface area contributed by atoms with Gasteiger partial charge in [0.15, 0.2) is 23.8 Å². The van der Waals surface area contributed by atoms with Crippen LogP contribution in [0, 0.1) is 22.0 Å². The molecule has 10 nitrogen and oxygen atoms in total. The number of oxime groups is 1. The summed E-state index contributed by atoms with van der Waals surface area (Å²) in [5, 5.41) is 14.6. The van der Waals surface area contributed by atoms with Crippen molar-refractivity contribution in [2.45, 2.75) is 31.8 Å². The lowest BCUT2D eigenvalue weighted by atomic mass is 9.77. The maximum absolute atomic E-state index is 12.4. The van der Waals surface area contributed by atoms with E-state index in [1.807, 2.05) is 0 Å². The van der Waals surface area contributed by atoms with Crippen LogP contribution in [-0.2, 0) is 32.8 Å². The zero-order valence-electron chi connectivity index (χ0n) is 13.5.